The van der Waals surface area contributed by atoms with Crippen LogP contribution in [0.5, 0.6) is 0 Å². The van der Waals surface area contributed by atoms with Crippen LogP contribution in [-0.2, 0) is 20.9 Å². The van der Waals surface area contributed by atoms with E-state index in [4.69, 9.17) is 4.74 Å². The van der Waals surface area contributed by atoms with Gasteiger partial charge in [0.2, 0.25) is 5.91 Å². The number of hydrogen-bond acceptors (Lipinski definition) is 4. The molecule has 0 saturated heterocycles. The minimum absolute atomic E-state index is 0.148. The fourth-order valence-corrected chi connectivity index (χ4v) is 2.37. The van der Waals surface area contributed by atoms with Crippen molar-refractivity contribution in [1.82, 2.24) is 10.6 Å². The maximum atomic E-state index is 12.3. The van der Waals surface area contributed by atoms with Crippen molar-refractivity contribution in [2.24, 2.45) is 0 Å². The number of carbonyl (C=O) groups is 2. The zero-order valence-electron chi connectivity index (χ0n) is 11.8. The molecule has 0 radical (unpaired) electrons. The third kappa shape index (κ3) is 3.17. The van der Waals surface area contributed by atoms with E-state index in [0.717, 1.165) is 17.7 Å². The van der Waals surface area contributed by atoms with E-state index < -0.39 is 12.0 Å². The Bertz CT molecular complexity index is 502. The molecule has 108 valence electrons. The van der Waals surface area contributed by atoms with Gasteiger partial charge in [0.1, 0.15) is 6.04 Å². The molecule has 1 aliphatic rings. The predicted octanol–water partition coefficient (Wildman–Crippen LogP) is 0.941. The van der Waals surface area contributed by atoms with E-state index in [1.807, 2.05) is 24.3 Å². The van der Waals surface area contributed by atoms with Crippen LogP contribution in [0.4, 0.5) is 0 Å². The normalized spacial score (nSPS) is 18.8. The lowest BCUT2D eigenvalue weighted by molar-refractivity contribution is -0.147. The zero-order chi connectivity index (χ0) is 14.5. The van der Waals surface area contributed by atoms with Crippen molar-refractivity contribution in [2.45, 2.75) is 32.4 Å². The third-order valence-electron chi connectivity index (χ3n) is 3.41. The van der Waals surface area contributed by atoms with Gasteiger partial charge in [-0.25, -0.2) is 4.79 Å². The van der Waals surface area contributed by atoms with E-state index >= 15 is 0 Å². The summed E-state index contributed by atoms with van der Waals surface area (Å²) < 4.78 is 4.89. The minimum atomic E-state index is -0.628. The first-order valence-corrected chi connectivity index (χ1v) is 6.89. The fourth-order valence-electron chi connectivity index (χ4n) is 2.37. The predicted molar refractivity (Wildman–Crippen MR) is 75.1 cm³/mol. The van der Waals surface area contributed by atoms with Crippen LogP contribution in [0.25, 0.3) is 0 Å². The number of esters is 1. The van der Waals surface area contributed by atoms with Gasteiger partial charge in [-0.1, -0.05) is 24.3 Å². The van der Waals surface area contributed by atoms with E-state index in [2.05, 4.69) is 10.6 Å². The molecule has 1 aromatic carbocycles. The molecule has 0 spiro atoms. The maximum Gasteiger partial charge on any atom is 0.328 e. The number of nitrogens with one attached hydrogen (secondary N) is 2. The van der Waals surface area contributed by atoms with E-state index in [1.54, 1.807) is 13.8 Å². The number of rotatable bonds is 4. The zero-order valence-corrected chi connectivity index (χ0v) is 11.8. The Kier molecular flexibility index (Phi) is 4.74. The van der Waals surface area contributed by atoms with Crippen LogP contribution in [0.3, 0.4) is 0 Å². The van der Waals surface area contributed by atoms with Crippen LogP contribution in [-0.4, -0.2) is 31.1 Å². The summed E-state index contributed by atoms with van der Waals surface area (Å²) in [6, 6.07) is 7.24. The highest BCUT2D eigenvalue weighted by Gasteiger charge is 2.28. The molecular weight excluding hydrogens is 256 g/mol. The number of carbonyl (C=O) groups excluding carboxylic acids is 2. The lowest BCUT2D eigenvalue weighted by atomic mass is 9.90. The lowest BCUT2D eigenvalue weighted by Gasteiger charge is -2.26. The molecule has 0 aromatic heterocycles. The minimum Gasteiger partial charge on any atom is -0.464 e. The first kappa shape index (κ1) is 14.5. The molecule has 0 fully saturated rings. The third-order valence-corrected chi connectivity index (χ3v) is 3.41. The molecular formula is C15H20N2O3. The van der Waals surface area contributed by atoms with Gasteiger partial charge in [0.25, 0.3) is 0 Å². The van der Waals surface area contributed by atoms with E-state index in [-0.39, 0.29) is 11.8 Å². The summed E-state index contributed by atoms with van der Waals surface area (Å²) in [5.41, 5.74) is 2.16. The van der Waals surface area contributed by atoms with Crippen LogP contribution in [0.1, 0.15) is 30.9 Å². The van der Waals surface area contributed by atoms with Gasteiger partial charge in [0.05, 0.1) is 12.5 Å². The first-order valence-electron chi connectivity index (χ1n) is 6.89. The SMILES string of the molecule is CCOC(=O)C(C)NC(=O)C1CNCc2ccccc21. The molecule has 1 aliphatic heterocycles. The van der Waals surface area contributed by atoms with Crippen LogP contribution < -0.4 is 10.6 Å². The molecule has 0 saturated carbocycles. The highest BCUT2D eigenvalue weighted by atomic mass is 16.5. The van der Waals surface area contributed by atoms with Crippen LogP contribution >= 0.6 is 0 Å². The van der Waals surface area contributed by atoms with E-state index in [0.29, 0.717) is 13.2 Å². The van der Waals surface area contributed by atoms with Crippen molar-refractivity contribution < 1.29 is 14.3 Å². The van der Waals surface area contributed by atoms with E-state index in [1.165, 1.54) is 0 Å². The molecule has 1 aromatic rings. The number of amides is 1. The molecule has 1 heterocycles. The first-order chi connectivity index (χ1) is 9.63. The summed E-state index contributed by atoms with van der Waals surface area (Å²) in [5.74, 6) is -0.820. The Hall–Kier alpha value is -1.88. The molecule has 0 bridgehead atoms. The fraction of sp³-hybridized carbons (Fsp3) is 0.467. The topological polar surface area (TPSA) is 67.4 Å². The Morgan fingerprint density at radius 1 is 1.45 bits per heavy atom. The van der Waals surface area contributed by atoms with Crippen molar-refractivity contribution in [3.05, 3.63) is 35.4 Å². The van der Waals surface area contributed by atoms with Crippen molar-refractivity contribution in [3.8, 4) is 0 Å². The van der Waals surface area contributed by atoms with Crippen molar-refractivity contribution in [2.75, 3.05) is 13.2 Å². The summed E-state index contributed by atoms with van der Waals surface area (Å²) in [7, 11) is 0. The lowest BCUT2D eigenvalue weighted by Crippen LogP contribution is -2.45. The van der Waals surface area contributed by atoms with Gasteiger partial charge in [-0.15, -0.1) is 0 Å². The standard InChI is InChI=1S/C15H20N2O3/c1-3-20-15(19)10(2)17-14(18)13-9-16-8-11-6-4-5-7-12(11)13/h4-7,10,13,16H,3,8-9H2,1-2H3,(H,17,18). The van der Waals surface area contributed by atoms with Gasteiger partial charge in [-0.2, -0.15) is 0 Å². The second-order valence-electron chi connectivity index (χ2n) is 4.86. The second-order valence-corrected chi connectivity index (χ2v) is 4.86. The Morgan fingerprint density at radius 3 is 2.95 bits per heavy atom. The Balaban J connectivity index is 2.05. The summed E-state index contributed by atoms with van der Waals surface area (Å²) >= 11 is 0. The van der Waals surface area contributed by atoms with Crippen molar-refractivity contribution >= 4 is 11.9 Å². The van der Waals surface area contributed by atoms with Crippen molar-refractivity contribution in [3.63, 3.8) is 0 Å². The molecule has 2 unspecified atom stereocenters. The number of fused-ring (bicyclic) bond motifs is 1. The molecule has 20 heavy (non-hydrogen) atoms. The van der Waals surface area contributed by atoms with Gasteiger partial charge in [0, 0.05) is 13.1 Å². The van der Waals surface area contributed by atoms with Crippen LogP contribution in [0.15, 0.2) is 24.3 Å². The second kappa shape index (κ2) is 6.52. The summed E-state index contributed by atoms with van der Waals surface area (Å²) in [4.78, 5) is 23.9. The number of benzene rings is 1. The summed E-state index contributed by atoms with van der Waals surface area (Å²) in [6.45, 7) is 5.05. The molecule has 5 heteroatoms. The van der Waals surface area contributed by atoms with Crippen LogP contribution in [0.2, 0.25) is 0 Å². The maximum absolute atomic E-state index is 12.3. The molecule has 5 nitrogen and oxygen atoms in total. The Labute approximate surface area is 118 Å². The quantitative estimate of drug-likeness (QED) is 0.803. The molecule has 1 amide bonds. The average Bonchev–Trinajstić information content (AvgIpc) is 2.46. The van der Waals surface area contributed by atoms with Crippen LogP contribution in [0, 0.1) is 0 Å². The largest absolute Gasteiger partial charge is 0.464 e. The van der Waals surface area contributed by atoms with Gasteiger partial charge in [-0.3, -0.25) is 4.79 Å². The average molecular weight is 276 g/mol. The molecule has 2 N–H and O–H groups in total. The Morgan fingerprint density at radius 2 is 2.20 bits per heavy atom. The van der Waals surface area contributed by atoms with Gasteiger partial charge in [-0.05, 0) is 25.0 Å². The monoisotopic (exact) mass is 276 g/mol. The summed E-state index contributed by atoms with van der Waals surface area (Å²) in [5, 5.41) is 5.94. The number of ether oxygens (including phenoxy) is 1. The van der Waals surface area contributed by atoms with Gasteiger partial charge in [0.15, 0.2) is 0 Å². The highest BCUT2D eigenvalue weighted by Crippen LogP contribution is 2.23. The van der Waals surface area contributed by atoms with Gasteiger partial charge >= 0.3 is 5.97 Å². The molecule has 0 aliphatic carbocycles. The van der Waals surface area contributed by atoms with Crippen molar-refractivity contribution in [1.29, 1.82) is 0 Å². The molecule has 2 atom stereocenters. The summed E-state index contributed by atoms with van der Waals surface area (Å²) in [6.07, 6.45) is 0. The van der Waals surface area contributed by atoms with Gasteiger partial charge < -0.3 is 15.4 Å². The van der Waals surface area contributed by atoms with E-state index in [9.17, 15) is 9.59 Å². The molecule has 2 rings (SSSR count). The highest BCUT2D eigenvalue weighted by molar-refractivity contribution is 5.89. The number of hydrogen-bond donors (Lipinski definition) is 2. The smallest absolute Gasteiger partial charge is 0.328 e.